The van der Waals surface area contributed by atoms with Crippen molar-refractivity contribution in [2.75, 3.05) is 61.0 Å². The van der Waals surface area contributed by atoms with E-state index in [1.165, 1.54) is 0 Å². The van der Waals surface area contributed by atoms with Crippen LogP contribution < -0.4 is 0 Å². The van der Waals surface area contributed by atoms with Crippen LogP contribution in [0.1, 0.15) is 6.92 Å². The van der Waals surface area contributed by atoms with Gasteiger partial charge in [-0.2, -0.15) is 5.26 Å². The molecule has 0 saturated heterocycles. The zero-order chi connectivity index (χ0) is 15.3. The maximum Gasteiger partial charge on any atom is 0.518 e. The van der Waals surface area contributed by atoms with Crippen molar-refractivity contribution >= 4 is 8.80 Å². The van der Waals surface area contributed by atoms with E-state index in [-0.39, 0.29) is 0 Å². The van der Waals surface area contributed by atoms with Crippen molar-refractivity contribution in [2.45, 2.75) is 12.5 Å². The van der Waals surface area contributed by atoms with Gasteiger partial charge in [-0.15, -0.1) is 0 Å². The lowest BCUT2D eigenvalue weighted by Crippen LogP contribution is -2.51. The van der Waals surface area contributed by atoms with Crippen LogP contribution in [0.15, 0.2) is 0 Å². The number of nitriles is 1. The maximum absolute atomic E-state index is 9.19. The van der Waals surface area contributed by atoms with Crippen LogP contribution in [-0.4, -0.2) is 69.8 Å². The van der Waals surface area contributed by atoms with Gasteiger partial charge in [0.2, 0.25) is 0 Å². The molecule has 1 atom stereocenters. The first-order valence-corrected chi connectivity index (χ1v) is 8.25. The third-order valence-corrected chi connectivity index (χ3v) is 5.51. The molecule has 20 heavy (non-hydrogen) atoms. The van der Waals surface area contributed by atoms with Crippen LogP contribution in [0.4, 0.5) is 0 Å². The predicted molar refractivity (Wildman–Crippen MR) is 74.3 cm³/mol. The van der Waals surface area contributed by atoms with Gasteiger partial charge in [0.05, 0.1) is 45.7 Å². The molecule has 118 valence electrons. The van der Waals surface area contributed by atoms with Crippen LogP contribution in [0.3, 0.4) is 0 Å². The Morgan fingerprint density at radius 1 is 0.800 bits per heavy atom. The van der Waals surface area contributed by atoms with Gasteiger partial charge in [0, 0.05) is 21.3 Å². The molecule has 0 rings (SSSR count). The zero-order valence-electron chi connectivity index (χ0n) is 12.7. The predicted octanol–water partition coefficient (Wildman–Crippen LogP) is 0.828. The van der Waals surface area contributed by atoms with Crippen molar-refractivity contribution in [1.82, 2.24) is 0 Å². The van der Waals surface area contributed by atoms with E-state index >= 15 is 0 Å². The van der Waals surface area contributed by atoms with Gasteiger partial charge in [-0.05, 0) is 6.92 Å². The highest BCUT2D eigenvalue weighted by atomic mass is 28.4. The summed E-state index contributed by atoms with van der Waals surface area (Å²) in [5, 5.41) is 9.19. The summed E-state index contributed by atoms with van der Waals surface area (Å²) in [5.41, 5.74) is -0.479. The standard InChI is InChI=1S/C12H25NO6Si/c1-12(11-13)20(17-8-5-14-2,18-9-6-15-3)19-10-7-16-4/h12H,5-10H2,1-4H3. The van der Waals surface area contributed by atoms with Crippen molar-refractivity contribution in [2.24, 2.45) is 0 Å². The Labute approximate surface area is 122 Å². The first-order chi connectivity index (χ1) is 9.66. The number of nitrogens with zero attached hydrogens (tertiary/aromatic N) is 1. The summed E-state index contributed by atoms with van der Waals surface area (Å²) in [5.74, 6) is 0. The second-order valence-electron chi connectivity index (χ2n) is 3.98. The molecule has 0 aliphatic carbocycles. The van der Waals surface area contributed by atoms with Crippen molar-refractivity contribution in [3.05, 3.63) is 0 Å². The van der Waals surface area contributed by atoms with Gasteiger partial charge in [-0.25, -0.2) is 0 Å². The molecule has 1 unspecified atom stereocenters. The summed E-state index contributed by atoms with van der Waals surface area (Å²) >= 11 is 0. The van der Waals surface area contributed by atoms with E-state index in [9.17, 15) is 5.26 Å². The molecule has 0 spiro atoms. The minimum atomic E-state index is -3.11. The summed E-state index contributed by atoms with van der Waals surface area (Å²) in [7, 11) is 1.63. The van der Waals surface area contributed by atoms with Crippen molar-refractivity contribution in [3.63, 3.8) is 0 Å². The Bertz CT molecular complexity index is 247. The monoisotopic (exact) mass is 307 g/mol. The lowest BCUT2D eigenvalue weighted by molar-refractivity contribution is 0.0119. The fourth-order valence-corrected chi connectivity index (χ4v) is 3.64. The molecule has 0 bridgehead atoms. The molecule has 0 N–H and O–H groups in total. The molecule has 0 fully saturated rings. The average molecular weight is 307 g/mol. The Morgan fingerprint density at radius 3 is 1.40 bits per heavy atom. The Balaban J connectivity index is 4.72. The number of rotatable bonds is 13. The molecule has 0 amide bonds. The van der Waals surface area contributed by atoms with Gasteiger partial charge in [0.25, 0.3) is 0 Å². The van der Waals surface area contributed by atoms with Gasteiger partial charge in [0.1, 0.15) is 5.54 Å². The smallest absolute Gasteiger partial charge is 0.382 e. The number of hydrogen-bond donors (Lipinski definition) is 0. The summed E-state index contributed by atoms with van der Waals surface area (Å²) < 4.78 is 32.1. The van der Waals surface area contributed by atoms with E-state index in [1.54, 1.807) is 28.3 Å². The van der Waals surface area contributed by atoms with Crippen LogP contribution in [0.25, 0.3) is 0 Å². The summed E-state index contributed by atoms with van der Waals surface area (Å²) in [6.07, 6.45) is 0. The van der Waals surface area contributed by atoms with E-state index in [0.717, 1.165) is 0 Å². The van der Waals surface area contributed by atoms with Crippen LogP contribution in [0.2, 0.25) is 5.54 Å². The van der Waals surface area contributed by atoms with Crippen molar-refractivity contribution < 1.29 is 27.5 Å². The minimum absolute atomic E-state index is 0.314. The highest BCUT2D eigenvalue weighted by Gasteiger charge is 2.48. The largest absolute Gasteiger partial charge is 0.518 e. The highest BCUT2D eigenvalue weighted by Crippen LogP contribution is 2.25. The highest BCUT2D eigenvalue weighted by molar-refractivity contribution is 6.63. The Hall–Kier alpha value is -0.533. The first kappa shape index (κ1) is 19.5. The molecule has 0 aromatic carbocycles. The van der Waals surface area contributed by atoms with Gasteiger partial charge < -0.3 is 27.5 Å². The molecular weight excluding hydrogens is 282 g/mol. The van der Waals surface area contributed by atoms with Crippen molar-refractivity contribution in [3.8, 4) is 6.07 Å². The summed E-state index contributed by atoms with van der Waals surface area (Å²) in [6.45, 7) is 3.91. The second kappa shape index (κ2) is 12.2. The molecule has 0 saturated carbocycles. The number of methoxy groups -OCH3 is 3. The van der Waals surface area contributed by atoms with Gasteiger partial charge >= 0.3 is 8.80 Å². The van der Waals surface area contributed by atoms with Crippen LogP contribution >= 0.6 is 0 Å². The quantitative estimate of drug-likeness (QED) is 0.368. The lowest BCUT2D eigenvalue weighted by Gasteiger charge is -2.31. The van der Waals surface area contributed by atoms with E-state index in [4.69, 9.17) is 27.5 Å². The molecule has 8 heteroatoms. The fraction of sp³-hybridized carbons (Fsp3) is 0.917. The lowest BCUT2D eigenvalue weighted by atomic mass is 10.5. The van der Waals surface area contributed by atoms with E-state index in [2.05, 4.69) is 6.07 Å². The third kappa shape index (κ3) is 7.30. The molecular formula is C12H25NO6Si. The average Bonchev–Trinajstić information content (AvgIpc) is 2.46. The molecule has 0 aromatic heterocycles. The van der Waals surface area contributed by atoms with Crippen molar-refractivity contribution in [1.29, 1.82) is 5.26 Å². The van der Waals surface area contributed by atoms with Gasteiger partial charge in [0.15, 0.2) is 0 Å². The molecule has 0 radical (unpaired) electrons. The molecule has 7 nitrogen and oxygen atoms in total. The number of hydrogen-bond acceptors (Lipinski definition) is 7. The van der Waals surface area contributed by atoms with E-state index < -0.39 is 14.3 Å². The molecule has 0 heterocycles. The second-order valence-corrected chi connectivity index (χ2v) is 6.92. The summed E-state index contributed by atoms with van der Waals surface area (Å²) in [6, 6.07) is 2.15. The SMILES string of the molecule is COCCO[Si](OCCOC)(OCCOC)C(C)C#N. The van der Waals surface area contributed by atoms with E-state index in [0.29, 0.717) is 39.6 Å². The van der Waals surface area contributed by atoms with Gasteiger partial charge in [-0.3, -0.25) is 0 Å². The third-order valence-electron chi connectivity index (χ3n) is 2.50. The first-order valence-electron chi connectivity index (χ1n) is 6.45. The number of ether oxygens (including phenoxy) is 3. The van der Waals surface area contributed by atoms with E-state index in [1.807, 2.05) is 0 Å². The van der Waals surface area contributed by atoms with Crippen LogP contribution in [0, 0.1) is 11.3 Å². The maximum atomic E-state index is 9.19. The van der Waals surface area contributed by atoms with Crippen LogP contribution in [-0.2, 0) is 27.5 Å². The zero-order valence-corrected chi connectivity index (χ0v) is 13.7. The fourth-order valence-electron chi connectivity index (χ4n) is 1.38. The topological polar surface area (TPSA) is 79.2 Å². The van der Waals surface area contributed by atoms with Crippen LogP contribution in [0.5, 0.6) is 0 Å². The normalized spacial score (nSPS) is 13.2. The Morgan fingerprint density at radius 2 is 1.15 bits per heavy atom. The molecule has 0 aliphatic heterocycles. The summed E-state index contributed by atoms with van der Waals surface area (Å²) in [4.78, 5) is 0. The molecule has 0 aliphatic rings. The van der Waals surface area contributed by atoms with Gasteiger partial charge in [-0.1, -0.05) is 0 Å². The molecule has 0 aromatic rings. The Kier molecular flexibility index (Phi) is 11.9. The minimum Gasteiger partial charge on any atom is -0.382 e.